The maximum absolute atomic E-state index is 12.8. The predicted molar refractivity (Wildman–Crippen MR) is 101 cm³/mol. The molecule has 1 aliphatic rings. The molecule has 26 heavy (non-hydrogen) atoms. The zero-order chi connectivity index (χ0) is 18.9. The molecule has 1 aromatic carbocycles. The molecule has 0 heterocycles. The summed E-state index contributed by atoms with van der Waals surface area (Å²) in [5.41, 5.74) is 1.06. The highest BCUT2D eigenvalue weighted by atomic mass is 16.5. The Kier molecular flexibility index (Phi) is 7.76. The van der Waals surface area contributed by atoms with Crippen LogP contribution >= 0.6 is 0 Å². The summed E-state index contributed by atoms with van der Waals surface area (Å²) in [6, 6.07) is 6.72. The van der Waals surface area contributed by atoms with Gasteiger partial charge in [0.1, 0.15) is 0 Å². The fourth-order valence-electron chi connectivity index (χ4n) is 3.32. The van der Waals surface area contributed by atoms with E-state index in [9.17, 15) is 14.4 Å². The molecule has 0 aliphatic heterocycles. The molecule has 0 saturated heterocycles. The smallest absolute Gasteiger partial charge is 0.308 e. The average Bonchev–Trinajstić information content (AvgIpc) is 2.63. The number of Topliss-reactive ketones (excluding diaryl/α,β-unsaturated/α-hetero) is 2. The number of unbranched alkanes of at least 4 members (excludes halogenated alkanes) is 7. The lowest BCUT2D eigenvalue weighted by molar-refractivity contribution is -0.136. The summed E-state index contributed by atoms with van der Waals surface area (Å²) in [5, 5.41) is 0. The van der Waals surface area contributed by atoms with Gasteiger partial charge in [-0.15, -0.1) is 0 Å². The first-order valence-corrected chi connectivity index (χ1v) is 9.66. The van der Waals surface area contributed by atoms with Gasteiger partial charge in [0.2, 0.25) is 5.78 Å². The molecular weight excluding hydrogens is 328 g/mol. The van der Waals surface area contributed by atoms with Gasteiger partial charge in [-0.25, -0.2) is 0 Å². The van der Waals surface area contributed by atoms with E-state index in [2.05, 4.69) is 6.92 Å². The number of allylic oxidation sites excluding steroid dienone is 2. The number of esters is 1. The minimum Gasteiger partial charge on any atom is -0.422 e. The third kappa shape index (κ3) is 5.13. The largest absolute Gasteiger partial charge is 0.422 e. The van der Waals surface area contributed by atoms with Crippen molar-refractivity contribution in [2.24, 2.45) is 0 Å². The van der Waals surface area contributed by atoms with Gasteiger partial charge in [-0.3, -0.25) is 14.4 Å². The van der Waals surface area contributed by atoms with Crippen molar-refractivity contribution in [2.75, 3.05) is 0 Å². The molecule has 0 amide bonds. The highest BCUT2D eigenvalue weighted by molar-refractivity contribution is 6.26. The molecule has 0 aromatic heterocycles. The van der Waals surface area contributed by atoms with E-state index in [4.69, 9.17) is 4.74 Å². The number of hydrogen-bond acceptors (Lipinski definition) is 4. The molecule has 0 radical (unpaired) electrons. The van der Waals surface area contributed by atoms with Crippen molar-refractivity contribution < 1.29 is 19.1 Å². The van der Waals surface area contributed by atoms with Crippen molar-refractivity contribution in [3.05, 3.63) is 46.7 Å². The Morgan fingerprint density at radius 1 is 0.846 bits per heavy atom. The van der Waals surface area contributed by atoms with Gasteiger partial charge in [-0.1, -0.05) is 76.1 Å². The van der Waals surface area contributed by atoms with E-state index in [-0.39, 0.29) is 17.3 Å². The van der Waals surface area contributed by atoms with E-state index >= 15 is 0 Å². The van der Waals surface area contributed by atoms with Gasteiger partial charge < -0.3 is 4.74 Å². The Balaban J connectivity index is 2.01. The molecule has 1 aromatic rings. The lowest BCUT2D eigenvalue weighted by atomic mass is 9.86. The number of hydrogen-bond donors (Lipinski definition) is 0. The van der Waals surface area contributed by atoms with Gasteiger partial charge in [0.15, 0.2) is 11.5 Å². The molecule has 0 saturated carbocycles. The molecule has 140 valence electrons. The monoisotopic (exact) mass is 356 g/mol. The lowest BCUT2D eigenvalue weighted by Crippen LogP contribution is -2.24. The summed E-state index contributed by atoms with van der Waals surface area (Å²) in [6.45, 7) is 3.45. The van der Waals surface area contributed by atoms with Crippen LogP contribution in [0.4, 0.5) is 0 Å². The SMILES string of the molecule is CCCCCCCCCCC1=C(OC(C)=O)C(=O)c2ccccc2C1=O. The highest BCUT2D eigenvalue weighted by Gasteiger charge is 2.33. The van der Waals surface area contributed by atoms with E-state index in [1.54, 1.807) is 24.3 Å². The number of ether oxygens (including phenoxy) is 1. The van der Waals surface area contributed by atoms with E-state index < -0.39 is 5.97 Å². The van der Waals surface area contributed by atoms with Crippen LogP contribution < -0.4 is 0 Å². The quantitative estimate of drug-likeness (QED) is 0.415. The Hall–Kier alpha value is -2.23. The number of benzene rings is 1. The number of rotatable bonds is 10. The Morgan fingerprint density at radius 2 is 1.38 bits per heavy atom. The van der Waals surface area contributed by atoms with Crippen molar-refractivity contribution >= 4 is 17.5 Å². The number of carbonyl (C=O) groups is 3. The van der Waals surface area contributed by atoms with Crippen molar-refractivity contribution in [2.45, 2.75) is 71.6 Å². The second kappa shape index (κ2) is 10.0. The summed E-state index contributed by atoms with van der Waals surface area (Å²) in [5.74, 6) is -1.22. The molecule has 4 heteroatoms. The molecular formula is C22H28O4. The lowest BCUT2D eigenvalue weighted by Gasteiger charge is -2.20. The first-order chi connectivity index (χ1) is 12.6. The van der Waals surface area contributed by atoms with Crippen molar-refractivity contribution in [3.63, 3.8) is 0 Å². The zero-order valence-electron chi connectivity index (χ0n) is 15.8. The minimum absolute atomic E-state index is 0.0795. The van der Waals surface area contributed by atoms with Crippen molar-refractivity contribution in [1.82, 2.24) is 0 Å². The van der Waals surface area contributed by atoms with Crippen LogP contribution in [0, 0.1) is 0 Å². The third-order valence-electron chi connectivity index (χ3n) is 4.70. The normalized spacial score (nSPS) is 13.8. The first kappa shape index (κ1) is 20.1. The Morgan fingerprint density at radius 3 is 1.96 bits per heavy atom. The van der Waals surface area contributed by atoms with Crippen LogP contribution in [0.25, 0.3) is 0 Å². The molecule has 0 N–H and O–H groups in total. The van der Waals surface area contributed by atoms with Crippen LogP contribution in [0.3, 0.4) is 0 Å². The molecule has 1 aliphatic carbocycles. The van der Waals surface area contributed by atoms with Crippen LogP contribution in [0.1, 0.15) is 92.4 Å². The fourth-order valence-corrected chi connectivity index (χ4v) is 3.32. The molecule has 0 atom stereocenters. The summed E-state index contributed by atoms with van der Waals surface area (Å²) >= 11 is 0. The predicted octanol–water partition coefficient (Wildman–Crippen LogP) is 5.41. The van der Waals surface area contributed by atoms with E-state index in [1.807, 2.05) is 0 Å². The summed E-state index contributed by atoms with van der Waals surface area (Å²) < 4.78 is 5.14. The summed E-state index contributed by atoms with van der Waals surface area (Å²) in [7, 11) is 0. The van der Waals surface area contributed by atoms with Crippen LogP contribution in [-0.2, 0) is 9.53 Å². The molecule has 4 nitrogen and oxygen atoms in total. The van der Waals surface area contributed by atoms with E-state index in [1.165, 1.54) is 39.0 Å². The molecule has 0 spiro atoms. The zero-order valence-corrected chi connectivity index (χ0v) is 15.8. The molecule has 0 bridgehead atoms. The first-order valence-electron chi connectivity index (χ1n) is 9.66. The maximum atomic E-state index is 12.8. The van der Waals surface area contributed by atoms with Gasteiger partial charge >= 0.3 is 5.97 Å². The second-order valence-electron chi connectivity index (χ2n) is 6.83. The molecule has 0 fully saturated rings. The minimum atomic E-state index is -0.575. The number of carbonyl (C=O) groups excluding carboxylic acids is 3. The van der Waals surface area contributed by atoms with Crippen molar-refractivity contribution in [1.29, 1.82) is 0 Å². The van der Waals surface area contributed by atoms with Crippen LogP contribution in [0.5, 0.6) is 0 Å². The fraction of sp³-hybridized carbons (Fsp3) is 0.500. The van der Waals surface area contributed by atoms with Gasteiger partial charge in [-0.05, 0) is 12.8 Å². The molecule has 2 rings (SSSR count). The topological polar surface area (TPSA) is 60.4 Å². The summed E-state index contributed by atoms with van der Waals surface area (Å²) in [6.07, 6.45) is 9.67. The van der Waals surface area contributed by atoms with Crippen LogP contribution in [0.2, 0.25) is 0 Å². The average molecular weight is 356 g/mol. The molecule has 0 unspecified atom stereocenters. The van der Waals surface area contributed by atoms with E-state index in [0.717, 1.165) is 19.3 Å². The van der Waals surface area contributed by atoms with Gasteiger partial charge in [-0.2, -0.15) is 0 Å². The standard InChI is InChI=1S/C22H28O4/c1-3-4-5-6-7-8-9-10-15-19-20(24)17-13-11-12-14-18(17)21(25)22(19)26-16(2)23/h11-14H,3-10,15H2,1-2H3. The number of fused-ring (bicyclic) bond motifs is 1. The number of ketones is 2. The Labute approximate surface area is 155 Å². The second-order valence-corrected chi connectivity index (χ2v) is 6.83. The van der Waals surface area contributed by atoms with Gasteiger partial charge in [0.25, 0.3) is 0 Å². The summed E-state index contributed by atoms with van der Waals surface area (Å²) in [4.78, 5) is 36.9. The van der Waals surface area contributed by atoms with Gasteiger partial charge in [0, 0.05) is 23.6 Å². The van der Waals surface area contributed by atoms with E-state index in [0.29, 0.717) is 23.1 Å². The van der Waals surface area contributed by atoms with Crippen LogP contribution in [-0.4, -0.2) is 17.5 Å². The van der Waals surface area contributed by atoms with Gasteiger partial charge in [0.05, 0.1) is 0 Å². The Bertz CT molecular complexity index is 700. The third-order valence-corrected chi connectivity index (χ3v) is 4.70. The highest BCUT2D eigenvalue weighted by Crippen LogP contribution is 2.30. The van der Waals surface area contributed by atoms with Crippen LogP contribution in [0.15, 0.2) is 35.6 Å². The maximum Gasteiger partial charge on any atom is 0.308 e. The van der Waals surface area contributed by atoms with Crippen molar-refractivity contribution in [3.8, 4) is 0 Å².